The molecule has 0 aromatic heterocycles. The number of fused-ring (bicyclic) bond motifs is 1. The van der Waals surface area contributed by atoms with Crippen LogP contribution < -0.4 is 24.4 Å². The van der Waals surface area contributed by atoms with Crippen LogP contribution in [0.3, 0.4) is 0 Å². The van der Waals surface area contributed by atoms with Gasteiger partial charge in [0, 0.05) is 10.6 Å². The van der Waals surface area contributed by atoms with Crippen molar-refractivity contribution in [3.05, 3.63) is 95.0 Å². The van der Waals surface area contributed by atoms with Crippen molar-refractivity contribution in [3.63, 3.8) is 0 Å². The van der Waals surface area contributed by atoms with Crippen molar-refractivity contribution in [2.75, 3.05) is 14.2 Å². The second kappa shape index (κ2) is 12.1. The van der Waals surface area contributed by atoms with E-state index in [9.17, 15) is 9.59 Å². The lowest BCUT2D eigenvalue weighted by atomic mass is 10.0. The first-order chi connectivity index (χ1) is 18.4. The van der Waals surface area contributed by atoms with Crippen molar-refractivity contribution in [1.82, 2.24) is 5.43 Å². The van der Waals surface area contributed by atoms with Gasteiger partial charge in [-0.3, -0.25) is 4.79 Å². The average molecular weight is 533 g/mol. The van der Waals surface area contributed by atoms with E-state index < -0.39 is 18.0 Å². The van der Waals surface area contributed by atoms with E-state index in [2.05, 4.69) is 10.5 Å². The second-order valence-electron chi connectivity index (χ2n) is 8.11. The number of esters is 1. The lowest BCUT2D eigenvalue weighted by molar-refractivity contribution is -0.127. The molecule has 0 aliphatic carbocycles. The summed E-state index contributed by atoms with van der Waals surface area (Å²) in [5, 5.41) is 6.29. The zero-order valence-corrected chi connectivity index (χ0v) is 21.7. The Kier molecular flexibility index (Phi) is 8.45. The van der Waals surface area contributed by atoms with Crippen molar-refractivity contribution < 1.29 is 28.5 Å². The van der Waals surface area contributed by atoms with Crippen LogP contribution in [0.25, 0.3) is 10.8 Å². The Balaban J connectivity index is 1.55. The van der Waals surface area contributed by atoms with Crippen LogP contribution in [-0.4, -0.2) is 38.4 Å². The first-order valence-corrected chi connectivity index (χ1v) is 12.0. The maximum absolute atomic E-state index is 13.0. The normalized spacial score (nSPS) is 11.7. The molecule has 0 heterocycles. The molecule has 4 aromatic rings. The summed E-state index contributed by atoms with van der Waals surface area (Å²) >= 11 is 5.97. The third-order valence-corrected chi connectivity index (χ3v) is 5.83. The van der Waals surface area contributed by atoms with Crippen molar-refractivity contribution >= 4 is 40.5 Å². The summed E-state index contributed by atoms with van der Waals surface area (Å²) in [6.07, 6.45) is 0.601. The molecular weight excluding hydrogens is 508 g/mol. The van der Waals surface area contributed by atoms with Gasteiger partial charge in [-0.1, -0.05) is 48.0 Å². The Labute approximate surface area is 224 Å². The molecule has 0 bridgehead atoms. The highest BCUT2D eigenvalue weighted by Crippen LogP contribution is 2.30. The standard InChI is InChI=1S/C29H25ClN2O6/c1-18(37-22-9-6-8-21(30)16-22)28(33)32-31-17-24-23-10-5-4-7-19(23)11-13-25(24)38-29(34)20-12-14-26(35-2)27(15-20)36-3/h4-18H,1-3H3,(H,32,33)/b31-17+. The highest BCUT2D eigenvalue weighted by Gasteiger charge is 2.17. The van der Waals surface area contributed by atoms with Crippen LogP contribution >= 0.6 is 11.6 Å². The van der Waals surface area contributed by atoms with Crippen molar-refractivity contribution in [1.29, 1.82) is 0 Å². The summed E-state index contributed by atoms with van der Waals surface area (Å²) in [5.41, 5.74) is 3.26. The molecule has 38 heavy (non-hydrogen) atoms. The molecule has 1 N–H and O–H groups in total. The van der Waals surface area contributed by atoms with E-state index in [4.69, 9.17) is 30.5 Å². The molecular formula is C29H25ClN2O6. The number of rotatable bonds is 9. The smallest absolute Gasteiger partial charge is 0.343 e. The largest absolute Gasteiger partial charge is 0.493 e. The summed E-state index contributed by atoms with van der Waals surface area (Å²) in [4.78, 5) is 25.5. The van der Waals surface area contributed by atoms with Gasteiger partial charge in [0.05, 0.1) is 26.0 Å². The molecule has 8 nitrogen and oxygen atoms in total. The predicted molar refractivity (Wildman–Crippen MR) is 146 cm³/mol. The van der Waals surface area contributed by atoms with E-state index in [0.29, 0.717) is 27.8 Å². The monoisotopic (exact) mass is 532 g/mol. The molecule has 1 atom stereocenters. The number of methoxy groups -OCH3 is 2. The molecule has 0 saturated heterocycles. The number of halogens is 1. The minimum Gasteiger partial charge on any atom is -0.493 e. The lowest BCUT2D eigenvalue weighted by Gasteiger charge is -2.13. The summed E-state index contributed by atoms with van der Waals surface area (Å²) < 4.78 is 21.9. The third kappa shape index (κ3) is 6.22. The Morgan fingerprint density at radius 1 is 0.895 bits per heavy atom. The first kappa shape index (κ1) is 26.5. The van der Waals surface area contributed by atoms with Crippen LogP contribution in [-0.2, 0) is 4.79 Å². The molecule has 0 radical (unpaired) electrons. The summed E-state index contributed by atoms with van der Waals surface area (Å²) in [5.74, 6) is 0.562. The van der Waals surface area contributed by atoms with Gasteiger partial charge < -0.3 is 18.9 Å². The van der Waals surface area contributed by atoms with Crippen LogP contribution in [0.2, 0.25) is 5.02 Å². The Morgan fingerprint density at radius 3 is 2.42 bits per heavy atom. The quantitative estimate of drug-likeness (QED) is 0.130. The maximum atomic E-state index is 13.0. The molecule has 0 aliphatic heterocycles. The fraction of sp³-hybridized carbons (Fsp3) is 0.138. The number of hydrazone groups is 1. The van der Waals surface area contributed by atoms with Gasteiger partial charge in [0.25, 0.3) is 5.91 Å². The topological polar surface area (TPSA) is 95.5 Å². The van der Waals surface area contributed by atoms with E-state index in [1.807, 2.05) is 30.3 Å². The number of amides is 1. The molecule has 0 fully saturated rings. The van der Waals surface area contributed by atoms with Crippen LogP contribution in [0.15, 0.2) is 84.0 Å². The molecule has 194 valence electrons. The number of carbonyl (C=O) groups is 2. The van der Waals surface area contributed by atoms with Crippen LogP contribution in [0.1, 0.15) is 22.8 Å². The van der Waals surface area contributed by atoms with Crippen LogP contribution in [0, 0.1) is 0 Å². The van der Waals surface area contributed by atoms with Crippen molar-refractivity contribution in [2.45, 2.75) is 13.0 Å². The Morgan fingerprint density at radius 2 is 1.66 bits per heavy atom. The molecule has 4 rings (SSSR count). The first-order valence-electron chi connectivity index (χ1n) is 11.6. The molecule has 1 amide bonds. The number of carbonyl (C=O) groups excluding carboxylic acids is 2. The fourth-order valence-corrected chi connectivity index (χ4v) is 3.85. The van der Waals surface area contributed by atoms with Gasteiger partial charge in [0.2, 0.25) is 0 Å². The number of hydrogen-bond acceptors (Lipinski definition) is 7. The lowest BCUT2D eigenvalue weighted by Crippen LogP contribution is -2.33. The number of nitrogens with zero attached hydrogens (tertiary/aromatic N) is 1. The highest BCUT2D eigenvalue weighted by molar-refractivity contribution is 6.30. The Hall–Kier alpha value is -4.56. The van der Waals surface area contributed by atoms with Crippen molar-refractivity contribution in [3.8, 4) is 23.0 Å². The van der Waals surface area contributed by atoms with Gasteiger partial charge in [-0.05, 0) is 60.2 Å². The van der Waals surface area contributed by atoms with E-state index in [-0.39, 0.29) is 11.3 Å². The van der Waals surface area contributed by atoms with Crippen LogP contribution in [0.4, 0.5) is 0 Å². The van der Waals surface area contributed by atoms with E-state index >= 15 is 0 Å². The van der Waals surface area contributed by atoms with E-state index in [0.717, 1.165) is 10.8 Å². The molecule has 1 unspecified atom stereocenters. The van der Waals surface area contributed by atoms with Gasteiger partial charge in [0.1, 0.15) is 11.5 Å². The maximum Gasteiger partial charge on any atom is 0.343 e. The number of ether oxygens (including phenoxy) is 4. The summed E-state index contributed by atoms with van der Waals surface area (Å²) in [6, 6.07) is 22.6. The second-order valence-corrected chi connectivity index (χ2v) is 8.55. The zero-order chi connectivity index (χ0) is 27.1. The molecule has 9 heteroatoms. The molecule has 0 saturated carbocycles. The number of benzene rings is 4. The van der Waals surface area contributed by atoms with E-state index in [1.165, 1.54) is 26.5 Å². The molecule has 0 aliphatic rings. The van der Waals surface area contributed by atoms with Gasteiger partial charge >= 0.3 is 5.97 Å². The zero-order valence-electron chi connectivity index (χ0n) is 20.9. The van der Waals surface area contributed by atoms with Gasteiger partial charge in [0.15, 0.2) is 17.6 Å². The minimum absolute atomic E-state index is 0.268. The predicted octanol–water partition coefficient (Wildman–Crippen LogP) is 5.65. The minimum atomic E-state index is -0.833. The molecule has 4 aromatic carbocycles. The Bertz CT molecular complexity index is 1500. The number of hydrogen-bond donors (Lipinski definition) is 1. The van der Waals surface area contributed by atoms with E-state index in [1.54, 1.807) is 49.4 Å². The molecule has 0 spiro atoms. The third-order valence-electron chi connectivity index (χ3n) is 5.60. The van der Waals surface area contributed by atoms with Crippen LogP contribution in [0.5, 0.6) is 23.0 Å². The van der Waals surface area contributed by atoms with Crippen molar-refractivity contribution in [2.24, 2.45) is 5.10 Å². The SMILES string of the molecule is COc1ccc(C(=O)Oc2ccc3ccccc3c2/C=N/NC(=O)C(C)Oc2cccc(Cl)c2)cc1OC. The average Bonchev–Trinajstić information content (AvgIpc) is 2.93. The van der Waals surface area contributed by atoms with Gasteiger partial charge in [-0.25, -0.2) is 10.2 Å². The summed E-state index contributed by atoms with van der Waals surface area (Å²) in [7, 11) is 3.00. The number of nitrogens with one attached hydrogen (secondary N) is 1. The summed E-state index contributed by atoms with van der Waals surface area (Å²) in [6.45, 7) is 1.60. The highest BCUT2D eigenvalue weighted by atomic mass is 35.5. The van der Waals surface area contributed by atoms with Gasteiger partial charge in [-0.15, -0.1) is 0 Å². The fourth-order valence-electron chi connectivity index (χ4n) is 3.67. The van der Waals surface area contributed by atoms with Gasteiger partial charge in [-0.2, -0.15) is 5.10 Å².